The second-order valence-corrected chi connectivity index (χ2v) is 7.62. The molecule has 0 fully saturated rings. The van der Waals surface area contributed by atoms with E-state index in [9.17, 15) is 14.7 Å². The van der Waals surface area contributed by atoms with Crippen LogP contribution in [0.1, 0.15) is 25.5 Å². The Morgan fingerprint density at radius 3 is 2.67 bits per heavy atom. The fourth-order valence-corrected chi connectivity index (χ4v) is 4.17. The Kier molecular flexibility index (Phi) is 4.24. The van der Waals surface area contributed by atoms with Crippen LogP contribution in [0.25, 0.3) is 10.2 Å². The first kappa shape index (κ1) is 17.4. The summed E-state index contributed by atoms with van der Waals surface area (Å²) in [7, 11) is 0. The number of ketones is 1. The van der Waals surface area contributed by atoms with Crippen molar-refractivity contribution in [3.8, 4) is 0 Å². The minimum absolute atomic E-state index is 0.0993. The lowest BCUT2D eigenvalue weighted by atomic mass is 9.92. The molecule has 0 aliphatic carbocycles. The fraction of sp³-hybridized carbons (Fsp3) is 0.200. The molecule has 1 unspecified atom stereocenters. The van der Waals surface area contributed by atoms with E-state index < -0.39 is 17.7 Å². The van der Waals surface area contributed by atoms with Crippen molar-refractivity contribution in [3.63, 3.8) is 0 Å². The standard InChI is InChI=1S/C20H17N3O3S/c1-11(2)17(24)15-16(12-6-5-9-21-10-12)23(19(26)18(15)25)20-22-13-7-3-4-8-14(13)27-20/h3-11,16,25H,1-2H3. The van der Waals surface area contributed by atoms with Gasteiger partial charge in [-0.05, 0) is 23.8 Å². The number of Topliss-reactive ketones (excluding diaryl/α,β-unsaturated/α-hetero) is 1. The summed E-state index contributed by atoms with van der Waals surface area (Å²) in [5.74, 6) is -1.75. The van der Waals surface area contributed by atoms with E-state index in [4.69, 9.17) is 0 Å². The maximum Gasteiger partial charge on any atom is 0.296 e. The van der Waals surface area contributed by atoms with Crippen molar-refractivity contribution in [2.24, 2.45) is 5.92 Å². The number of hydrogen-bond donors (Lipinski definition) is 1. The number of aliphatic hydroxyl groups excluding tert-OH is 1. The SMILES string of the molecule is CC(C)C(=O)C1=C(O)C(=O)N(c2nc3ccccc3s2)C1c1cccnc1. The summed E-state index contributed by atoms with van der Waals surface area (Å²) in [4.78, 5) is 35.8. The van der Waals surface area contributed by atoms with Crippen LogP contribution in [0.4, 0.5) is 5.13 Å². The molecular formula is C20H17N3O3S. The van der Waals surface area contributed by atoms with Crippen LogP contribution in [0.3, 0.4) is 0 Å². The van der Waals surface area contributed by atoms with E-state index >= 15 is 0 Å². The normalized spacial score (nSPS) is 17.4. The first-order valence-corrected chi connectivity index (χ1v) is 9.37. The van der Waals surface area contributed by atoms with Gasteiger partial charge >= 0.3 is 0 Å². The number of hydrogen-bond acceptors (Lipinski definition) is 6. The minimum atomic E-state index is -0.748. The van der Waals surface area contributed by atoms with E-state index in [-0.39, 0.29) is 17.3 Å². The van der Waals surface area contributed by atoms with Crippen molar-refractivity contribution in [2.75, 3.05) is 4.90 Å². The average molecular weight is 379 g/mol. The highest BCUT2D eigenvalue weighted by atomic mass is 32.1. The van der Waals surface area contributed by atoms with Gasteiger partial charge < -0.3 is 5.11 Å². The number of fused-ring (bicyclic) bond motifs is 1. The molecule has 1 aliphatic rings. The van der Waals surface area contributed by atoms with Gasteiger partial charge in [0.1, 0.15) is 0 Å². The van der Waals surface area contributed by atoms with E-state index in [0.717, 1.165) is 10.2 Å². The first-order chi connectivity index (χ1) is 13.0. The molecule has 4 rings (SSSR count). The molecule has 1 amide bonds. The van der Waals surface area contributed by atoms with E-state index in [1.807, 2.05) is 24.3 Å². The van der Waals surface area contributed by atoms with Crippen molar-refractivity contribution >= 4 is 38.4 Å². The number of carbonyl (C=O) groups is 2. The topological polar surface area (TPSA) is 83.4 Å². The number of thiazole rings is 1. The number of rotatable bonds is 4. The summed E-state index contributed by atoms with van der Waals surface area (Å²) in [6.45, 7) is 3.49. The van der Waals surface area contributed by atoms with Crippen molar-refractivity contribution < 1.29 is 14.7 Å². The fourth-order valence-electron chi connectivity index (χ4n) is 3.18. The second-order valence-electron chi connectivity index (χ2n) is 6.61. The van der Waals surface area contributed by atoms with Crippen molar-refractivity contribution in [2.45, 2.75) is 19.9 Å². The summed E-state index contributed by atoms with van der Waals surface area (Å²) >= 11 is 1.35. The number of para-hydroxylation sites is 1. The number of carbonyl (C=O) groups excluding carboxylic acids is 2. The average Bonchev–Trinajstić information content (AvgIpc) is 3.21. The van der Waals surface area contributed by atoms with Crippen LogP contribution in [0, 0.1) is 5.92 Å². The van der Waals surface area contributed by atoms with Crippen molar-refractivity contribution in [1.29, 1.82) is 0 Å². The third kappa shape index (κ3) is 2.80. The van der Waals surface area contributed by atoms with Gasteiger partial charge in [-0.2, -0.15) is 0 Å². The summed E-state index contributed by atoms with van der Waals surface area (Å²) in [6.07, 6.45) is 3.22. The van der Waals surface area contributed by atoms with Crippen LogP contribution in [-0.4, -0.2) is 26.8 Å². The zero-order valence-electron chi connectivity index (χ0n) is 14.8. The van der Waals surface area contributed by atoms with E-state index in [0.29, 0.717) is 10.7 Å². The molecule has 1 aromatic carbocycles. The number of aliphatic hydroxyl groups is 1. The molecule has 7 heteroatoms. The number of pyridine rings is 1. The molecular weight excluding hydrogens is 362 g/mol. The first-order valence-electron chi connectivity index (χ1n) is 8.55. The molecule has 1 N–H and O–H groups in total. The van der Waals surface area contributed by atoms with Gasteiger partial charge in [0.2, 0.25) is 0 Å². The monoisotopic (exact) mass is 379 g/mol. The molecule has 0 saturated heterocycles. The van der Waals surface area contributed by atoms with Gasteiger partial charge in [0.25, 0.3) is 5.91 Å². The Morgan fingerprint density at radius 2 is 2.00 bits per heavy atom. The van der Waals surface area contributed by atoms with Crippen LogP contribution in [0.15, 0.2) is 60.1 Å². The van der Waals surface area contributed by atoms with Crippen LogP contribution in [-0.2, 0) is 9.59 Å². The molecule has 3 aromatic rings. The lowest BCUT2D eigenvalue weighted by molar-refractivity contribution is -0.119. The summed E-state index contributed by atoms with van der Waals surface area (Å²) in [5.41, 5.74) is 1.51. The molecule has 0 radical (unpaired) electrons. The number of anilines is 1. The number of nitrogens with zero attached hydrogens (tertiary/aromatic N) is 3. The van der Waals surface area contributed by atoms with Gasteiger partial charge in [-0.3, -0.25) is 19.5 Å². The third-order valence-corrected chi connectivity index (χ3v) is 5.52. The van der Waals surface area contributed by atoms with Gasteiger partial charge in [-0.25, -0.2) is 4.98 Å². The van der Waals surface area contributed by atoms with Gasteiger partial charge in [-0.1, -0.05) is 43.4 Å². The zero-order chi connectivity index (χ0) is 19.1. The highest BCUT2D eigenvalue weighted by Crippen LogP contribution is 2.43. The van der Waals surface area contributed by atoms with Crippen LogP contribution in [0.5, 0.6) is 0 Å². The van der Waals surface area contributed by atoms with Gasteiger partial charge in [-0.15, -0.1) is 0 Å². The molecule has 6 nitrogen and oxygen atoms in total. The zero-order valence-corrected chi connectivity index (χ0v) is 15.6. The summed E-state index contributed by atoms with van der Waals surface area (Å²) in [5, 5.41) is 11.0. The summed E-state index contributed by atoms with van der Waals surface area (Å²) < 4.78 is 0.924. The van der Waals surface area contributed by atoms with Gasteiger partial charge in [0, 0.05) is 18.3 Å². The van der Waals surface area contributed by atoms with E-state index in [1.54, 1.807) is 38.4 Å². The Labute approximate surface area is 159 Å². The number of aromatic nitrogens is 2. The number of amides is 1. The Bertz CT molecular complexity index is 1040. The maximum atomic E-state index is 12.9. The number of benzene rings is 1. The van der Waals surface area contributed by atoms with Crippen LogP contribution < -0.4 is 4.90 Å². The third-order valence-electron chi connectivity index (χ3n) is 4.49. The van der Waals surface area contributed by atoms with Gasteiger partial charge in [0.15, 0.2) is 16.7 Å². The predicted molar refractivity (Wildman–Crippen MR) is 104 cm³/mol. The smallest absolute Gasteiger partial charge is 0.296 e. The van der Waals surface area contributed by atoms with Crippen molar-refractivity contribution in [1.82, 2.24) is 9.97 Å². The Morgan fingerprint density at radius 1 is 1.22 bits per heavy atom. The molecule has 27 heavy (non-hydrogen) atoms. The lowest BCUT2D eigenvalue weighted by Gasteiger charge is -2.24. The molecule has 0 bridgehead atoms. The maximum absolute atomic E-state index is 12.9. The molecule has 0 spiro atoms. The minimum Gasteiger partial charge on any atom is -0.503 e. The van der Waals surface area contributed by atoms with E-state index in [1.165, 1.54) is 16.2 Å². The highest BCUT2D eigenvalue weighted by molar-refractivity contribution is 7.22. The summed E-state index contributed by atoms with van der Waals surface area (Å²) in [6, 6.07) is 10.3. The quantitative estimate of drug-likeness (QED) is 0.745. The van der Waals surface area contributed by atoms with E-state index in [2.05, 4.69) is 9.97 Å². The molecule has 1 aliphatic heterocycles. The van der Waals surface area contributed by atoms with Crippen LogP contribution in [0.2, 0.25) is 0 Å². The molecule has 2 aromatic heterocycles. The van der Waals surface area contributed by atoms with Crippen molar-refractivity contribution in [3.05, 3.63) is 65.7 Å². The van der Waals surface area contributed by atoms with Crippen LogP contribution >= 0.6 is 11.3 Å². The largest absolute Gasteiger partial charge is 0.503 e. The Hall–Kier alpha value is -3.06. The lowest BCUT2D eigenvalue weighted by Crippen LogP contribution is -2.31. The molecule has 1 atom stereocenters. The predicted octanol–water partition coefficient (Wildman–Crippen LogP) is 3.82. The molecule has 3 heterocycles. The molecule has 0 saturated carbocycles. The van der Waals surface area contributed by atoms with Gasteiger partial charge in [0.05, 0.1) is 21.8 Å². The highest BCUT2D eigenvalue weighted by Gasteiger charge is 2.46. The second kappa shape index (κ2) is 6.59. The Balaban J connectivity index is 1.90. The molecule has 136 valence electrons.